The molecule has 1 saturated heterocycles. The standard InChI is InChI=1S/C10H9FO3/c11-8-2-1-7(4-12)10(3-8)14-6-9-5-13-9/h1-4,9H,5-6H2. The van der Waals surface area contributed by atoms with E-state index in [1.54, 1.807) is 0 Å². The Morgan fingerprint density at radius 3 is 3.07 bits per heavy atom. The molecule has 1 unspecified atom stereocenters. The number of benzene rings is 1. The van der Waals surface area contributed by atoms with E-state index in [1.165, 1.54) is 18.2 Å². The summed E-state index contributed by atoms with van der Waals surface area (Å²) >= 11 is 0. The van der Waals surface area contributed by atoms with Crippen LogP contribution in [0.2, 0.25) is 0 Å². The summed E-state index contributed by atoms with van der Waals surface area (Å²) in [4.78, 5) is 10.6. The van der Waals surface area contributed by atoms with Gasteiger partial charge in [-0.1, -0.05) is 0 Å². The van der Waals surface area contributed by atoms with Gasteiger partial charge < -0.3 is 9.47 Å². The summed E-state index contributed by atoms with van der Waals surface area (Å²) in [6.45, 7) is 1.04. The van der Waals surface area contributed by atoms with Gasteiger partial charge in [0.1, 0.15) is 24.3 Å². The Morgan fingerprint density at radius 1 is 1.64 bits per heavy atom. The van der Waals surface area contributed by atoms with Crippen molar-refractivity contribution in [3.8, 4) is 5.75 Å². The van der Waals surface area contributed by atoms with Crippen molar-refractivity contribution >= 4 is 6.29 Å². The maximum atomic E-state index is 12.8. The van der Waals surface area contributed by atoms with Crippen LogP contribution in [-0.4, -0.2) is 25.6 Å². The van der Waals surface area contributed by atoms with E-state index < -0.39 is 5.82 Å². The maximum absolute atomic E-state index is 12.8. The first-order valence-electron chi connectivity index (χ1n) is 4.29. The molecule has 0 spiro atoms. The molecule has 0 N–H and O–H groups in total. The summed E-state index contributed by atoms with van der Waals surface area (Å²) in [5.41, 5.74) is 0.354. The molecule has 0 bridgehead atoms. The quantitative estimate of drug-likeness (QED) is 0.540. The van der Waals surface area contributed by atoms with Crippen LogP contribution in [-0.2, 0) is 4.74 Å². The highest BCUT2D eigenvalue weighted by Gasteiger charge is 2.23. The van der Waals surface area contributed by atoms with Crippen LogP contribution in [0.25, 0.3) is 0 Å². The lowest BCUT2D eigenvalue weighted by atomic mass is 10.2. The van der Waals surface area contributed by atoms with Gasteiger partial charge in [-0.05, 0) is 12.1 Å². The van der Waals surface area contributed by atoms with Gasteiger partial charge in [-0.3, -0.25) is 4.79 Å². The van der Waals surface area contributed by atoms with Crippen molar-refractivity contribution in [3.05, 3.63) is 29.6 Å². The molecule has 4 heteroatoms. The molecule has 0 aromatic heterocycles. The Hall–Kier alpha value is -1.42. The lowest BCUT2D eigenvalue weighted by molar-refractivity contribution is 0.111. The average molecular weight is 196 g/mol. The molecule has 74 valence electrons. The summed E-state index contributed by atoms with van der Waals surface area (Å²) < 4.78 is 23.0. The number of halogens is 1. The van der Waals surface area contributed by atoms with Gasteiger partial charge in [-0.2, -0.15) is 0 Å². The second kappa shape index (κ2) is 3.75. The van der Waals surface area contributed by atoms with Crippen molar-refractivity contribution in [1.82, 2.24) is 0 Å². The fourth-order valence-corrected chi connectivity index (χ4v) is 1.08. The number of aldehydes is 1. The zero-order chi connectivity index (χ0) is 9.97. The third-order valence-electron chi connectivity index (χ3n) is 1.93. The zero-order valence-electron chi connectivity index (χ0n) is 7.40. The number of ether oxygens (including phenoxy) is 2. The molecule has 14 heavy (non-hydrogen) atoms. The Morgan fingerprint density at radius 2 is 2.43 bits per heavy atom. The summed E-state index contributed by atoms with van der Waals surface area (Å²) in [5, 5.41) is 0. The molecule has 3 nitrogen and oxygen atoms in total. The van der Waals surface area contributed by atoms with Gasteiger partial charge in [0, 0.05) is 6.07 Å². The fraction of sp³-hybridized carbons (Fsp3) is 0.300. The van der Waals surface area contributed by atoms with E-state index in [4.69, 9.17) is 9.47 Å². The molecular formula is C10H9FO3. The lowest BCUT2D eigenvalue weighted by Gasteiger charge is -2.06. The molecule has 1 heterocycles. The fourth-order valence-electron chi connectivity index (χ4n) is 1.08. The second-order valence-corrected chi connectivity index (χ2v) is 3.07. The first kappa shape index (κ1) is 9.15. The highest BCUT2D eigenvalue weighted by molar-refractivity contribution is 5.79. The molecule has 2 rings (SSSR count). The van der Waals surface area contributed by atoms with Crippen molar-refractivity contribution in [3.63, 3.8) is 0 Å². The summed E-state index contributed by atoms with van der Waals surface area (Å²) in [5.74, 6) is -0.141. The van der Waals surface area contributed by atoms with Crippen molar-refractivity contribution in [2.24, 2.45) is 0 Å². The topological polar surface area (TPSA) is 38.8 Å². The van der Waals surface area contributed by atoms with Crippen LogP contribution in [0.1, 0.15) is 10.4 Å². The highest BCUT2D eigenvalue weighted by atomic mass is 19.1. The summed E-state index contributed by atoms with van der Waals surface area (Å²) in [7, 11) is 0. The Bertz CT molecular complexity index is 347. The minimum atomic E-state index is -0.415. The van der Waals surface area contributed by atoms with Crippen LogP contribution in [0.4, 0.5) is 4.39 Å². The maximum Gasteiger partial charge on any atom is 0.153 e. The van der Waals surface area contributed by atoms with Crippen molar-refractivity contribution in [2.45, 2.75) is 6.10 Å². The molecule has 0 amide bonds. The number of hydrogen-bond donors (Lipinski definition) is 0. The third kappa shape index (κ3) is 2.09. The van der Waals surface area contributed by atoms with Gasteiger partial charge in [0.15, 0.2) is 6.29 Å². The third-order valence-corrected chi connectivity index (χ3v) is 1.93. The molecule has 1 aromatic rings. The van der Waals surface area contributed by atoms with E-state index in [0.717, 1.165) is 0 Å². The number of epoxide rings is 1. The average Bonchev–Trinajstić information content (AvgIpc) is 2.98. The van der Waals surface area contributed by atoms with Crippen molar-refractivity contribution in [2.75, 3.05) is 13.2 Å². The molecule has 1 aliphatic heterocycles. The SMILES string of the molecule is O=Cc1ccc(F)cc1OCC1CO1. The molecule has 0 aliphatic carbocycles. The minimum absolute atomic E-state index is 0.0952. The predicted octanol–water partition coefficient (Wildman–Crippen LogP) is 1.42. The van der Waals surface area contributed by atoms with Crippen LogP contribution in [0.5, 0.6) is 5.75 Å². The van der Waals surface area contributed by atoms with Crippen LogP contribution in [0.15, 0.2) is 18.2 Å². The van der Waals surface area contributed by atoms with E-state index in [2.05, 4.69) is 0 Å². The van der Waals surface area contributed by atoms with E-state index in [9.17, 15) is 9.18 Å². The molecule has 0 radical (unpaired) electrons. The Kier molecular flexibility index (Phi) is 2.45. The lowest BCUT2D eigenvalue weighted by Crippen LogP contribution is -2.05. The monoisotopic (exact) mass is 196 g/mol. The van der Waals surface area contributed by atoms with E-state index >= 15 is 0 Å². The zero-order valence-corrected chi connectivity index (χ0v) is 7.40. The van der Waals surface area contributed by atoms with E-state index in [1.807, 2.05) is 0 Å². The van der Waals surface area contributed by atoms with Gasteiger partial charge in [0.05, 0.1) is 12.2 Å². The number of carbonyl (C=O) groups excluding carboxylic acids is 1. The van der Waals surface area contributed by atoms with Crippen LogP contribution >= 0.6 is 0 Å². The summed E-state index contributed by atoms with van der Waals surface area (Å²) in [6, 6.07) is 3.82. The molecule has 1 aromatic carbocycles. The largest absolute Gasteiger partial charge is 0.490 e. The molecule has 1 atom stereocenters. The Balaban J connectivity index is 2.11. The Labute approximate surface area is 80.4 Å². The van der Waals surface area contributed by atoms with Crippen LogP contribution < -0.4 is 4.74 Å². The minimum Gasteiger partial charge on any atom is -0.490 e. The normalized spacial score (nSPS) is 19.1. The van der Waals surface area contributed by atoms with Crippen LogP contribution in [0.3, 0.4) is 0 Å². The van der Waals surface area contributed by atoms with Gasteiger partial charge >= 0.3 is 0 Å². The summed E-state index contributed by atoms with van der Waals surface area (Å²) in [6.07, 6.45) is 0.737. The molecule has 1 aliphatic rings. The van der Waals surface area contributed by atoms with Gasteiger partial charge in [-0.25, -0.2) is 4.39 Å². The number of rotatable bonds is 4. The van der Waals surface area contributed by atoms with E-state index in [-0.39, 0.29) is 11.9 Å². The number of hydrogen-bond acceptors (Lipinski definition) is 3. The van der Waals surface area contributed by atoms with Gasteiger partial charge in [-0.15, -0.1) is 0 Å². The second-order valence-electron chi connectivity index (χ2n) is 3.07. The van der Waals surface area contributed by atoms with Gasteiger partial charge in [0.25, 0.3) is 0 Å². The van der Waals surface area contributed by atoms with Crippen LogP contribution in [0, 0.1) is 5.82 Å². The van der Waals surface area contributed by atoms with Gasteiger partial charge in [0.2, 0.25) is 0 Å². The smallest absolute Gasteiger partial charge is 0.153 e. The predicted molar refractivity (Wildman–Crippen MR) is 47.0 cm³/mol. The number of carbonyl (C=O) groups is 1. The molecule has 1 fully saturated rings. The first-order valence-corrected chi connectivity index (χ1v) is 4.29. The van der Waals surface area contributed by atoms with Crippen molar-refractivity contribution < 1.29 is 18.7 Å². The van der Waals surface area contributed by atoms with E-state index in [0.29, 0.717) is 25.1 Å². The van der Waals surface area contributed by atoms with Crippen molar-refractivity contribution in [1.29, 1.82) is 0 Å². The first-order chi connectivity index (χ1) is 6.79. The molecule has 0 saturated carbocycles. The molecular weight excluding hydrogens is 187 g/mol. The highest BCUT2D eigenvalue weighted by Crippen LogP contribution is 2.20.